The molecular formula is C15H20ClNOS. The van der Waals surface area contributed by atoms with Gasteiger partial charge in [0.25, 0.3) is 0 Å². The van der Waals surface area contributed by atoms with Crippen LogP contribution in [0.2, 0.25) is 0 Å². The minimum atomic E-state index is -0.508. The van der Waals surface area contributed by atoms with Gasteiger partial charge >= 0.3 is 0 Å². The third-order valence-corrected chi connectivity index (χ3v) is 5.82. The first-order valence-electron chi connectivity index (χ1n) is 6.58. The summed E-state index contributed by atoms with van der Waals surface area (Å²) < 4.78 is -0.303. The van der Waals surface area contributed by atoms with Crippen molar-refractivity contribution < 1.29 is 4.79 Å². The van der Waals surface area contributed by atoms with E-state index in [1.807, 2.05) is 44.2 Å². The van der Waals surface area contributed by atoms with E-state index in [-0.39, 0.29) is 10.7 Å². The number of hydrogen-bond acceptors (Lipinski definition) is 2. The van der Waals surface area contributed by atoms with Crippen molar-refractivity contribution in [2.45, 2.75) is 37.0 Å². The van der Waals surface area contributed by atoms with Gasteiger partial charge in [-0.2, -0.15) is 0 Å². The van der Waals surface area contributed by atoms with E-state index in [9.17, 15) is 4.79 Å². The third-order valence-electron chi connectivity index (χ3n) is 3.77. The Hall–Kier alpha value is -0.670. The van der Waals surface area contributed by atoms with Crippen LogP contribution in [0.3, 0.4) is 0 Å². The number of halogens is 1. The smallest absolute Gasteiger partial charge is 0.236 e. The molecule has 104 valence electrons. The molecule has 1 aromatic rings. The molecule has 0 saturated carbocycles. The molecule has 1 heterocycles. The average molecular weight is 298 g/mol. The highest BCUT2D eigenvalue weighted by Crippen LogP contribution is 2.38. The number of benzene rings is 1. The molecule has 0 aliphatic carbocycles. The lowest BCUT2D eigenvalue weighted by atomic mass is 9.92. The lowest BCUT2D eigenvalue weighted by Crippen LogP contribution is -2.51. The van der Waals surface area contributed by atoms with Crippen molar-refractivity contribution in [1.29, 1.82) is 0 Å². The van der Waals surface area contributed by atoms with Gasteiger partial charge in [0, 0.05) is 5.88 Å². The largest absolute Gasteiger partial charge is 0.344 e. The van der Waals surface area contributed by atoms with E-state index in [1.165, 1.54) is 0 Å². The molecule has 2 atom stereocenters. The van der Waals surface area contributed by atoms with E-state index >= 15 is 0 Å². The van der Waals surface area contributed by atoms with Crippen LogP contribution in [0.4, 0.5) is 0 Å². The van der Waals surface area contributed by atoms with Crippen LogP contribution < -0.4 is 5.32 Å². The summed E-state index contributed by atoms with van der Waals surface area (Å²) in [5.41, 5.74) is 0.538. The summed E-state index contributed by atoms with van der Waals surface area (Å²) in [6.07, 6.45) is 2.05. The normalized spacial score (nSPS) is 25.8. The Morgan fingerprint density at radius 2 is 2.16 bits per heavy atom. The van der Waals surface area contributed by atoms with Crippen molar-refractivity contribution in [2.24, 2.45) is 0 Å². The van der Waals surface area contributed by atoms with Crippen molar-refractivity contribution in [2.75, 3.05) is 11.6 Å². The number of rotatable bonds is 4. The van der Waals surface area contributed by atoms with E-state index in [1.54, 1.807) is 11.8 Å². The molecule has 0 aromatic heterocycles. The Labute approximate surface area is 124 Å². The first-order chi connectivity index (χ1) is 9.00. The van der Waals surface area contributed by atoms with Gasteiger partial charge in [-0.25, -0.2) is 0 Å². The van der Waals surface area contributed by atoms with Crippen molar-refractivity contribution in [3.63, 3.8) is 0 Å². The van der Waals surface area contributed by atoms with E-state index in [2.05, 4.69) is 5.32 Å². The van der Waals surface area contributed by atoms with Gasteiger partial charge < -0.3 is 5.32 Å². The molecule has 19 heavy (non-hydrogen) atoms. The molecule has 0 radical (unpaired) electrons. The predicted molar refractivity (Wildman–Crippen MR) is 82.8 cm³/mol. The van der Waals surface area contributed by atoms with Crippen LogP contribution in [-0.4, -0.2) is 22.3 Å². The Morgan fingerprint density at radius 1 is 1.47 bits per heavy atom. The number of hydrogen-bond donors (Lipinski definition) is 1. The van der Waals surface area contributed by atoms with E-state index in [0.717, 1.165) is 24.2 Å². The molecule has 1 saturated heterocycles. The third kappa shape index (κ3) is 3.09. The molecule has 2 rings (SSSR count). The minimum Gasteiger partial charge on any atom is -0.344 e. The molecule has 1 aliphatic heterocycles. The fraction of sp³-hybridized carbons (Fsp3) is 0.533. The molecule has 1 amide bonds. The fourth-order valence-corrected chi connectivity index (χ4v) is 3.76. The summed E-state index contributed by atoms with van der Waals surface area (Å²) in [6, 6.07) is 9.92. The van der Waals surface area contributed by atoms with E-state index in [4.69, 9.17) is 11.6 Å². The number of thioether (sulfide) groups is 1. The van der Waals surface area contributed by atoms with Gasteiger partial charge in [-0.1, -0.05) is 30.3 Å². The Bertz CT molecular complexity index is 445. The summed E-state index contributed by atoms with van der Waals surface area (Å²) in [6.45, 7) is 4.01. The first-order valence-corrected chi connectivity index (χ1v) is 8.10. The summed E-state index contributed by atoms with van der Waals surface area (Å²) in [5, 5.41) is 3.15. The number of carbonyl (C=O) groups excluding carboxylic acids is 1. The van der Waals surface area contributed by atoms with Gasteiger partial charge in [0.2, 0.25) is 5.91 Å². The number of carbonyl (C=O) groups is 1. The van der Waals surface area contributed by atoms with Crippen LogP contribution in [0.1, 0.15) is 32.3 Å². The Balaban J connectivity index is 2.17. The predicted octanol–water partition coefficient (Wildman–Crippen LogP) is 3.54. The summed E-state index contributed by atoms with van der Waals surface area (Å²) in [7, 11) is 0. The molecule has 0 spiro atoms. The lowest BCUT2D eigenvalue weighted by Gasteiger charge is -2.33. The van der Waals surface area contributed by atoms with Gasteiger partial charge in [-0.3, -0.25) is 4.79 Å². The van der Waals surface area contributed by atoms with Gasteiger partial charge in [0.1, 0.15) is 0 Å². The maximum Gasteiger partial charge on any atom is 0.236 e. The molecule has 2 nitrogen and oxygen atoms in total. The van der Waals surface area contributed by atoms with Crippen molar-refractivity contribution in [3.05, 3.63) is 35.9 Å². The SMILES string of the molecule is CC1(C(=O)NC(C)(CCl)c2ccccc2)CCCS1. The Kier molecular flexibility index (Phi) is 4.46. The van der Waals surface area contributed by atoms with Gasteiger partial charge in [-0.15, -0.1) is 23.4 Å². The lowest BCUT2D eigenvalue weighted by molar-refractivity contribution is -0.124. The highest BCUT2D eigenvalue weighted by atomic mass is 35.5. The van der Waals surface area contributed by atoms with Crippen LogP contribution in [0.15, 0.2) is 30.3 Å². The van der Waals surface area contributed by atoms with Gasteiger partial charge in [0.05, 0.1) is 10.3 Å². The quantitative estimate of drug-likeness (QED) is 0.861. The van der Waals surface area contributed by atoms with Crippen LogP contribution in [-0.2, 0) is 10.3 Å². The topological polar surface area (TPSA) is 29.1 Å². The second kappa shape index (κ2) is 5.76. The molecule has 4 heteroatoms. The zero-order valence-corrected chi connectivity index (χ0v) is 13.0. The summed E-state index contributed by atoms with van der Waals surface area (Å²) in [4.78, 5) is 12.5. The Morgan fingerprint density at radius 3 is 2.68 bits per heavy atom. The maximum atomic E-state index is 12.5. The van der Waals surface area contributed by atoms with Crippen LogP contribution in [0.5, 0.6) is 0 Å². The summed E-state index contributed by atoms with van der Waals surface area (Å²) in [5.74, 6) is 1.53. The second-order valence-electron chi connectivity index (χ2n) is 5.47. The molecule has 2 unspecified atom stereocenters. The highest BCUT2D eigenvalue weighted by Gasteiger charge is 2.40. The maximum absolute atomic E-state index is 12.5. The second-order valence-corrected chi connectivity index (χ2v) is 7.33. The molecular weight excluding hydrogens is 278 g/mol. The summed E-state index contributed by atoms with van der Waals surface area (Å²) >= 11 is 7.86. The molecule has 1 fully saturated rings. The van der Waals surface area contributed by atoms with Crippen molar-refractivity contribution >= 4 is 29.3 Å². The van der Waals surface area contributed by atoms with Crippen LogP contribution >= 0.6 is 23.4 Å². The van der Waals surface area contributed by atoms with E-state index < -0.39 is 5.54 Å². The molecule has 1 aromatic carbocycles. The van der Waals surface area contributed by atoms with E-state index in [0.29, 0.717) is 5.88 Å². The minimum absolute atomic E-state index is 0.0991. The number of amides is 1. The van der Waals surface area contributed by atoms with Crippen LogP contribution in [0, 0.1) is 0 Å². The fourth-order valence-electron chi connectivity index (χ4n) is 2.33. The number of nitrogens with one attached hydrogen (secondary N) is 1. The monoisotopic (exact) mass is 297 g/mol. The van der Waals surface area contributed by atoms with Crippen molar-refractivity contribution in [3.8, 4) is 0 Å². The van der Waals surface area contributed by atoms with Gasteiger partial charge in [-0.05, 0) is 38.0 Å². The zero-order chi connectivity index (χ0) is 13.9. The van der Waals surface area contributed by atoms with Gasteiger partial charge in [0.15, 0.2) is 0 Å². The molecule has 1 N–H and O–H groups in total. The zero-order valence-electron chi connectivity index (χ0n) is 11.4. The van der Waals surface area contributed by atoms with Crippen molar-refractivity contribution in [1.82, 2.24) is 5.32 Å². The first kappa shape index (κ1) is 14.7. The highest BCUT2D eigenvalue weighted by molar-refractivity contribution is 8.01. The number of alkyl halides is 1. The molecule has 0 bridgehead atoms. The molecule has 1 aliphatic rings. The standard InChI is InChI=1S/C15H20ClNOS/c1-14(11-16,12-7-4-3-5-8-12)17-13(18)15(2)9-6-10-19-15/h3-5,7-8H,6,9-11H2,1-2H3,(H,17,18). The van der Waals surface area contributed by atoms with Crippen LogP contribution in [0.25, 0.3) is 0 Å². The average Bonchev–Trinajstić information content (AvgIpc) is 2.88.